The number of hydrogen-bond acceptors (Lipinski definition) is 4. The molecule has 1 saturated heterocycles. The Morgan fingerprint density at radius 2 is 2.08 bits per heavy atom. The molecule has 0 aliphatic carbocycles. The van der Waals surface area contributed by atoms with Crippen LogP contribution in [0.3, 0.4) is 0 Å². The molecule has 1 aliphatic rings. The second-order valence-electron chi connectivity index (χ2n) is 6.55. The van der Waals surface area contributed by atoms with E-state index in [0.717, 1.165) is 16.8 Å². The molecule has 1 N–H and O–H groups in total. The Hall–Kier alpha value is -2.63. The molecule has 0 saturated carbocycles. The molecule has 1 aromatic heterocycles. The molecule has 1 aliphatic heterocycles. The molecule has 0 unspecified atom stereocenters. The van der Waals surface area contributed by atoms with Gasteiger partial charge >= 0.3 is 0 Å². The molecule has 25 heavy (non-hydrogen) atoms. The zero-order valence-corrected chi connectivity index (χ0v) is 14.8. The molecular weight excluding hydrogens is 318 g/mol. The van der Waals surface area contributed by atoms with Crippen LogP contribution in [0, 0.1) is 19.8 Å². The Labute approximate surface area is 147 Å². The fraction of sp³-hybridized carbons (Fsp3) is 0.421. The molecule has 0 bridgehead atoms. The van der Waals surface area contributed by atoms with Crippen molar-refractivity contribution in [3.05, 3.63) is 52.9 Å². The maximum atomic E-state index is 12.5. The summed E-state index contributed by atoms with van der Waals surface area (Å²) in [5.74, 6) is 0.309. The Balaban J connectivity index is 1.61. The fourth-order valence-corrected chi connectivity index (χ4v) is 3.27. The number of amides is 2. The molecule has 1 fully saturated rings. The molecule has 132 valence electrons. The van der Waals surface area contributed by atoms with Crippen molar-refractivity contribution in [1.29, 1.82) is 0 Å². The molecule has 0 spiro atoms. The van der Waals surface area contributed by atoms with Crippen LogP contribution in [0.2, 0.25) is 0 Å². The number of hydrogen-bond donors (Lipinski definition) is 1. The standard InChI is InChI=1S/C19H23N3O3/c1-12-17(14(3)25-21-12)10-20-19(24)16-9-18(23)22(11-16)13(2)15-7-5-4-6-8-15/h4-8,13,16H,9-11H2,1-3H3,(H,20,24)/t13-,16+/m1/s1. The first-order valence-corrected chi connectivity index (χ1v) is 8.51. The van der Waals surface area contributed by atoms with Crippen molar-refractivity contribution < 1.29 is 14.1 Å². The van der Waals surface area contributed by atoms with Gasteiger partial charge in [0.05, 0.1) is 17.7 Å². The second-order valence-corrected chi connectivity index (χ2v) is 6.55. The van der Waals surface area contributed by atoms with Crippen LogP contribution in [-0.4, -0.2) is 28.4 Å². The van der Waals surface area contributed by atoms with Gasteiger partial charge in [-0.05, 0) is 26.3 Å². The maximum absolute atomic E-state index is 12.5. The topological polar surface area (TPSA) is 75.4 Å². The van der Waals surface area contributed by atoms with Gasteiger partial charge in [0.2, 0.25) is 11.8 Å². The lowest BCUT2D eigenvalue weighted by Gasteiger charge is -2.25. The quantitative estimate of drug-likeness (QED) is 0.907. The lowest BCUT2D eigenvalue weighted by Crippen LogP contribution is -2.33. The molecule has 0 radical (unpaired) electrons. The number of carbonyl (C=O) groups is 2. The van der Waals surface area contributed by atoms with Crippen molar-refractivity contribution in [2.75, 3.05) is 6.54 Å². The van der Waals surface area contributed by atoms with Gasteiger partial charge in [0, 0.05) is 25.1 Å². The third-order valence-electron chi connectivity index (χ3n) is 4.90. The highest BCUT2D eigenvalue weighted by Gasteiger charge is 2.36. The summed E-state index contributed by atoms with van der Waals surface area (Å²) < 4.78 is 5.10. The highest BCUT2D eigenvalue weighted by atomic mass is 16.5. The van der Waals surface area contributed by atoms with Crippen molar-refractivity contribution in [1.82, 2.24) is 15.4 Å². The van der Waals surface area contributed by atoms with Crippen LogP contribution in [0.4, 0.5) is 0 Å². The summed E-state index contributed by atoms with van der Waals surface area (Å²) in [6.45, 7) is 6.49. The van der Waals surface area contributed by atoms with Gasteiger partial charge in [-0.1, -0.05) is 35.5 Å². The van der Waals surface area contributed by atoms with Gasteiger partial charge in [-0.25, -0.2) is 0 Å². The van der Waals surface area contributed by atoms with Gasteiger partial charge in [0.1, 0.15) is 5.76 Å². The summed E-state index contributed by atoms with van der Waals surface area (Å²) in [6, 6.07) is 9.84. The largest absolute Gasteiger partial charge is 0.361 e. The third kappa shape index (κ3) is 3.57. The SMILES string of the molecule is Cc1noc(C)c1CNC(=O)[C@H]1CC(=O)N([C@H](C)c2ccccc2)C1. The van der Waals surface area contributed by atoms with Crippen LogP contribution in [0.15, 0.2) is 34.9 Å². The molecule has 2 atom stereocenters. The molecule has 2 amide bonds. The average molecular weight is 341 g/mol. The maximum Gasteiger partial charge on any atom is 0.225 e. The molecular formula is C19H23N3O3. The van der Waals surface area contributed by atoms with Crippen molar-refractivity contribution >= 4 is 11.8 Å². The van der Waals surface area contributed by atoms with E-state index in [0.29, 0.717) is 18.8 Å². The summed E-state index contributed by atoms with van der Waals surface area (Å²) in [7, 11) is 0. The molecule has 6 heteroatoms. The molecule has 6 nitrogen and oxygen atoms in total. The van der Waals surface area contributed by atoms with E-state index in [9.17, 15) is 9.59 Å². The predicted molar refractivity (Wildman–Crippen MR) is 92.5 cm³/mol. The van der Waals surface area contributed by atoms with E-state index >= 15 is 0 Å². The lowest BCUT2D eigenvalue weighted by atomic mass is 10.1. The Kier molecular flexibility index (Phi) is 4.88. The van der Waals surface area contributed by atoms with E-state index in [1.807, 2.05) is 51.1 Å². The van der Waals surface area contributed by atoms with Gasteiger partial charge in [-0.2, -0.15) is 0 Å². The lowest BCUT2D eigenvalue weighted by molar-refractivity contribution is -0.130. The first-order valence-electron chi connectivity index (χ1n) is 8.51. The zero-order valence-electron chi connectivity index (χ0n) is 14.8. The highest BCUT2D eigenvalue weighted by Crippen LogP contribution is 2.28. The number of nitrogens with one attached hydrogen (secondary N) is 1. The third-order valence-corrected chi connectivity index (χ3v) is 4.90. The van der Waals surface area contributed by atoms with Crippen molar-refractivity contribution in [2.45, 2.75) is 39.8 Å². The van der Waals surface area contributed by atoms with E-state index < -0.39 is 0 Å². The smallest absolute Gasteiger partial charge is 0.225 e. The first kappa shape index (κ1) is 17.2. The fourth-order valence-electron chi connectivity index (χ4n) is 3.27. The summed E-state index contributed by atoms with van der Waals surface area (Å²) in [6.07, 6.45) is 0.255. The van der Waals surface area contributed by atoms with Crippen LogP contribution in [0.1, 0.15) is 42.0 Å². The van der Waals surface area contributed by atoms with Crippen LogP contribution in [0.25, 0.3) is 0 Å². The number of nitrogens with zero attached hydrogens (tertiary/aromatic N) is 2. The van der Waals surface area contributed by atoms with Gasteiger partial charge in [0.15, 0.2) is 0 Å². The van der Waals surface area contributed by atoms with Gasteiger partial charge in [0.25, 0.3) is 0 Å². The number of benzene rings is 1. The first-order chi connectivity index (χ1) is 12.0. The Morgan fingerprint density at radius 3 is 2.72 bits per heavy atom. The highest BCUT2D eigenvalue weighted by molar-refractivity contribution is 5.89. The summed E-state index contributed by atoms with van der Waals surface area (Å²) >= 11 is 0. The zero-order chi connectivity index (χ0) is 18.0. The number of rotatable bonds is 5. The molecule has 2 heterocycles. The van der Waals surface area contributed by atoms with Crippen LogP contribution < -0.4 is 5.32 Å². The summed E-state index contributed by atoms with van der Waals surface area (Å²) in [4.78, 5) is 26.6. The number of aromatic nitrogens is 1. The number of aryl methyl sites for hydroxylation is 2. The van der Waals surface area contributed by atoms with Gasteiger partial charge in [-0.3, -0.25) is 9.59 Å². The van der Waals surface area contributed by atoms with Crippen molar-refractivity contribution in [2.24, 2.45) is 5.92 Å². The van der Waals surface area contributed by atoms with E-state index in [1.54, 1.807) is 4.90 Å². The average Bonchev–Trinajstić information content (AvgIpc) is 3.16. The molecule has 2 aromatic rings. The van der Waals surface area contributed by atoms with E-state index in [4.69, 9.17) is 4.52 Å². The summed E-state index contributed by atoms with van der Waals surface area (Å²) in [5.41, 5.74) is 2.75. The Bertz CT molecular complexity index is 750. The van der Waals surface area contributed by atoms with Crippen molar-refractivity contribution in [3.8, 4) is 0 Å². The molecule has 1 aromatic carbocycles. The normalized spacial score (nSPS) is 18.4. The second kappa shape index (κ2) is 7.09. The van der Waals surface area contributed by atoms with Crippen LogP contribution in [-0.2, 0) is 16.1 Å². The molecule has 3 rings (SSSR count). The van der Waals surface area contributed by atoms with Crippen LogP contribution >= 0.6 is 0 Å². The van der Waals surface area contributed by atoms with Crippen LogP contribution in [0.5, 0.6) is 0 Å². The van der Waals surface area contributed by atoms with E-state index in [-0.39, 0.29) is 30.2 Å². The summed E-state index contributed by atoms with van der Waals surface area (Å²) in [5, 5.41) is 6.79. The predicted octanol–water partition coefficient (Wildman–Crippen LogP) is 2.52. The van der Waals surface area contributed by atoms with E-state index in [1.165, 1.54) is 0 Å². The van der Waals surface area contributed by atoms with E-state index in [2.05, 4.69) is 10.5 Å². The monoisotopic (exact) mass is 341 g/mol. The van der Waals surface area contributed by atoms with Gasteiger partial charge in [-0.15, -0.1) is 0 Å². The van der Waals surface area contributed by atoms with Crippen molar-refractivity contribution in [3.63, 3.8) is 0 Å². The van der Waals surface area contributed by atoms with Gasteiger partial charge < -0.3 is 14.7 Å². The number of likely N-dealkylation sites (tertiary alicyclic amines) is 1. The number of carbonyl (C=O) groups excluding carboxylic acids is 2. The Morgan fingerprint density at radius 1 is 1.36 bits per heavy atom. The minimum atomic E-state index is -0.320. The minimum Gasteiger partial charge on any atom is -0.361 e. The minimum absolute atomic E-state index is 0.0221.